The number of nitrogens with one attached hydrogen (secondary N) is 2. The number of hydrogen-bond acceptors (Lipinski definition) is 4. The molecule has 0 aromatic carbocycles. The smallest absolute Gasteiger partial charge is 0.232 e. The highest BCUT2D eigenvalue weighted by molar-refractivity contribution is 7.92. The molecule has 6 heteroatoms. The second kappa shape index (κ2) is 6.70. The van der Waals surface area contributed by atoms with Crippen LogP contribution in [0.3, 0.4) is 0 Å². The van der Waals surface area contributed by atoms with Gasteiger partial charge in [0.2, 0.25) is 10.0 Å². The van der Waals surface area contributed by atoms with Crippen molar-refractivity contribution in [1.29, 1.82) is 0 Å². The van der Waals surface area contributed by atoms with Crippen molar-refractivity contribution in [3.63, 3.8) is 0 Å². The van der Waals surface area contributed by atoms with E-state index in [-0.39, 0.29) is 5.75 Å². The Balaban J connectivity index is 2.45. The van der Waals surface area contributed by atoms with Gasteiger partial charge in [-0.15, -0.1) is 0 Å². The van der Waals surface area contributed by atoms with E-state index in [2.05, 4.69) is 15.0 Å². The zero-order valence-electron chi connectivity index (χ0n) is 11.1. The summed E-state index contributed by atoms with van der Waals surface area (Å²) in [5, 5.41) is 3.19. The molecular weight excluding hydrogens is 250 g/mol. The zero-order valence-corrected chi connectivity index (χ0v) is 11.9. The molecule has 5 nitrogen and oxygen atoms in total. The van der Waals surface area contributed by atoms with Crippen LogP contribution < -0.4 is 10.0 Å². The number of aryl methyl sites for hydroxylation is 1. The monoisotopic (exact) mass is 271 g/mol. The Bertz CT molecular complexity index is 472. The molecule has 0 spiro atoms. The van der Waals surface area contributed by atoms with Gasteiger partial charge >= 0.3 is 0 Å². The highest BCUT2D eigenvalue weighted by Gasteiger charge is 2.10. The Morgan fingerprint density at radius 1 is 1.33 bits per heavy atom. The molecular formula is C12H21N3O2S. The summed E-state index contributed by atoms with van der Waals surface area (Å²) < 4.78 is 26.1. The molecule has 0 aliphatic rings. The normalized spacial score (nSPS) is 11.8. The zero-order chi connectivity index (χ0) is 13.6. The van der Waals surface area contributed by atoms with Gasteiger partial charge in [-0.05, 0) is 31.5 Å². The van der Waals surface area contributed by atoms with E-state index >= 15 is 0 Å². The Morgan fingerprint density at radius 3 is 2.67 bits per heavy atom. The Hall–Kier alpha value is -1.14. The van der Waals surface area contributed by atoms with Crippen molar-refractivity contribution in [2.45, 2.75) is 33.2 Å². The number of aromatic nitrogens is 1. The molecule has 0 radical (unpaired) electrons. The molecule has 0 saturated heterocycles. The minimum Gasteiger partial charge on any atom is -0.314 e. The number of nitrogens with zero attached hydrogens (tertiary/aromatic N) is 1. The fraction of sp³-hybridized carbons (Fsp3) is 0.583. The van der Waals surface area contributed by atoms with E-state index < -0.39 is 10.0 Å². The van der Waals surface area contributed by atoms with Gasteiger partial charge in [-0.1, -0.05) is 13.8 Å². The first-order chi connectivity index (χ1) is 8.39. The van der Waals surface area contributed by atoms with Gasteiger partial charge in [-0.3, -0.25) is 9.71 Å². The van der Waals surface area contributed by atoms with E-state index in [4.69, 9.17) is 0 Å². The molecule has 0 saturated carbocycles. The lowest BCUT2D eigenvalue weighted by Crippen LogP contribution is -2.26. The lowest BCUT2D eigenvalue weighted by atomic mass is 10.3. The van der Waals surface area contributed by atoms with Crippen molar-refractivity contribution in [3.8, 4) is 0 Å². The standard InChI is InChI=1S/C12H21N3O2S/c1-10(2)14-5-4-6-18(16,17)15-12-7-11(3)8-13-9-12/h7-10,14-15H,4-6H2,1-3H3. The van der Waals surface area contributed by atoms with Gasteiger partial charge in [0.15, 0.2) is 0 Å². The number of hydrogen-bond donors (Lipinski definition) is 2. The largest absolute Gasteiger partial charge is 0.314 e. The first-order valence-corrected chi connectivity index (χ1v) is 7.70. The van der Waals surface area contributed by atoms with E-state index in [0.717, 1.165) is 5.56 Å². The molecule has 0 bridgehead atoms. The Morgan fingerprint density at radius 2 is 2.06 bits per heavy atom. The molecule has 1 rings (SSSR count). The third-order valence-electron chi connectivity index (χ3n) is 2.29. The molecule has 1 aromatic rings. The average molecular weight is 271 g/mol. The van der Waals surface area contributed by atoms with Crippen LogP contribution in [0, 0.1) is 6.92 Å². The molecule has 2 N–H and O–H groups in total. The van der Waals surface area contributed by atoms with Gasteiger partial charge in [-0.25, -0.2) is 8.42 Å². The lowest BCUT2D eigenvalue weighted by Gasteiger charge is -2.10. The van der Waals surface area contributed by atoms with Crippen LogP contribution in [-0.4, -0.2) is 31.7 Å². The summed E-state index contributed by atoms with van der Waals surface area (Å²) >= 11 is 0. The number of rotatable bonds is 7. The van der Waals surface area contributed by atoms with Gasteiger partial charge in [-0.2, -0.15) is 0 Å². The maximum atomic E-state index is 11.8. The molecule has 0 fully saturated rings. The molecule has 0 aliphatic heterocycles. The summed E-state index contributed by atoms with van der Waals surface area (Å²) in [5.41, 5.74) is 1.45. The van der Waals surface area contributed by atoms with E-state index in [1.165, 1.54) is 6.20 Å². The van der Waals surface area contributed by atoms with Crippen LogP contribution in [0.4, 0.5) is 5.69 Å². The number of anilines is 1. The van der Waals surface area contributed by atoms with Crippen molar-refractivity contribution < 1.29 is 8.42 Å². The van der Waals surface area contributed by atoms with Crippen LogP contribution in [-0.2, 0) is 10.0 Å². The summed E-state index contributed by atoms with van der Waals surface area (Å²) in [4.78, 5) is 3.95. The average Bonchev–Trinajstić information content (AvgIpc) is 2.23. The predicted octanol–water partition coefficient (Wildman–Crippen LogP) is 1.52. The van der Waals surface area contributed by atoms with Gasteiger partial charge in [0, 0.05) is 12.2 Å². The van der Waals surface area contributed by atoms with Gasteiger partial charge in [0.05, 0.1) is 17.6 Å². The van der Waals surface area contributed by atoms with Crippen molar-refractivity contribution in [2.24, 2.45) is 0 Å². The first kappa shape index (κ1) is 14.9. The minimum atomic E-state index is -3.28. The molecule has 0 aliphatic carbocycles. The van der Waals surface area contributed by atoms with Crippen molar-refractivity contribution >= 4 is 15.7 Å². The summed E-state index contributed by atoms with van der Waals surface area (Å²) in [6, 6.07) is 2.14. The molecule has 1 heterocycles. The molecule has 0 unspecified atom stereocenters. The van der Waals surface area contributed by atoms with Crippen LogP contribution in [0.2, 0.25) is 0 Å². The SMILES string of the molecule is Cc1cncc(NS(=O)(=O)CCCNC(C)C)c1. The van der Waals surface area contributed by atoms with Crippen LogP contribution in [0.25, 0.3) is 0 Å². The van der Waals surface area contributed by atoms with Crippen LogP contribution in [0.5, 0.6) is 0 Å². The minimum absolute atomic E-state index is 0.112. The third-order valence-corrected chi connectivity index (χ3v) is 3.66. The third kappa shape index (κ3) is 5.97. The van der Waals surface area contributed by atoms with Crippen molar-refractivity contribution in [3.05, 3.63) is 24.0 Å². The van der Waals surface area contributed by atoms with Crippen LogP contribution in [0.15, 0.2) is 18.5 Å². The van der Waals surface area contributed by atoms with E-state index in [1.807, 2.05) is 20.8 Å². The topological polar surface area (TPSA) is 71.1 Å². The number of pyridine rings is 1. The fourth-order valence-electron chi connectivity index (χ4n) is 1.49. The summed E-state index contributed by atoms with van der Waals surface area (Å²) in [6.07, 6.45) is 3.79. The fourth-order valence-corrected chi connectivity index (χ4v) is 2.59. The maximum Gasteiger partial charge on any atom is 0.232 e. The molecule has 0 atom stereocenters. The Kier molecular flexibility index (Phi) is 5.55. The summed E-state index contributed by atoms with van der Waals surface area (Å²) in [5.74, 6) is 0.112. The summed E-state index contributed by atoms with van der Waals surface area (Å²) in [7, 11) is -3.28. The summed E-state index contributed by atoms with van der Waals surface area (Å²) in [6.45, 7) is 6.64. The van der Waals surface area contributed by atoms with Gasteiger partial charge in [0.1, 0.15) is 0 Å². The molecule has 18 heavy (non-hydrogen) atoms. The van der Waals surface area contributed by atoms with Crippen LogP contribution >= 0.6 is 0 Å². The molecule has 1 aromatic heterocycles. The van der Waals surface area contributed by atoms with E-state index in [9.17, 15) is 8.42 Å². The van der Waals surface area contributed by atoms with E-state index in [0.29, 0.717) is 24.7 Å². The molecule has 0 amide bonds. The second-order valence-electron chi connectivity index (χ2n) is 4.63. The second-order valence-corrected chi connectivity index (χ2v) is 6.48. The Labute approximate surface area is 109 Å². The van der Waals surface area contributed by atoms with Gasteiger partial charge < -0.3 is 5.32 Å². The molecule has 102 valence electrons. The van der Waals surface area contributed by atoms with E-state index in [1.54, 1.807) is 12.3 Å². The highest BCUT2D eigenvalue weighted by atomic mass is 32.2. The first-order valence-electron chi connectivity index (χ1n) is 6.04. The maximum absolute atomic E-state index is 11.8. The number of sulfonamides is 1. The quantitative estimate of drug-likeness (QED) is 0.738. The van der Waals surface area contributed by atoms with Gasteiger partial charge in [0.25, 0.3) is 0 Å². The lowest BCUT2D eigenvalue weighted by molar-refractivity contribution is 0.571. The predicted molar refractivity (Wildman–Crippen MR) is 74.1 cm³/mol. The van der Waals surface area contributed by atoms with Crippen molar-refractivity contribution in [1.82, 2.24) is 10.3 Å². The van der Waals surface area contributed by atoms with Crippen LogP contribution in [0.1, 0.15) is 25.8 Å². The highest BCUT2D eigenvalue weighted by Crippen LogP contribution is 2.09. The van der Waals surface area contributed by atoms with Crippen molar-refractivity contribution in [2.75, 3.05) is 17.0 Å².